The van der Waals surface area contributed by atoms with Gasteiger partial charge in [-0.05, 0) is 68.3 Å². The summed E-state index contributed by atoms with van der Waals surface area (Å²) in [5, 5.41) is 1.34. The first kappa shape index (κ1) is 19.7. The molecule has 4 aromatic rings. The molecule has 5 heteroatoms. The Morgan fingerprint density at radius 1 is 0.767 bits per heavy atom. The van der Waals surface area contributed by atoms with Gasteiger partial charge in [0, 0.05) is 10.8 Å². The van der Waals surface area contributed by atoms with Crippen LogP contribution in [-0.4, -0.2) is 25.2 Å². The minimum atomic E-state index is -0.441. The zero-order valence-corrected chi connectivity index (χ0v) is 17.7. The molecule has 1 aromatic heterocycles. The predicted molar refractivity (Wildman–Crippen MR) is 118 cm³/mol. The Labute approximate surface area is 175 Å². The quantitative estimate of drug-likeness (QED) is 0.255. The van der Waals surface area contributed by atoms with Crippen molar-refractivity contribution in [2.45, 2.75) is 20.8 Å². The molecule has 152 valence electrons. The molecule has 0 radical (unpaired) electrons. The molecule has 5 nitrogen and oxygen atoms in total. The van der Waals surface area contributed by atoms with Crippen molar-refractivity contribution >= 4 is 27.8 Å². The molecule has 0 aliphatic carbocycles. The molecule has 1 heterocycles. The summed E-state index contributed by atoms with van der Waals surface area (Å²) in [6, 6.07) is 15.0. The molecule has 0 atom stereocenters. The fourth-order valence-electron chi connectivity index (χ4n) is 3.85. The zero-order valence-electron chi connectivity index (χ0n) is 17.7. The van der Waals surface area contributed by atoms with Crippen LogP contribution in [0.3, 0.4) is 0 Å². The molecule has 0 aliphatic rings. The molecule has 0 fully saturated rings. The number of rotatable bonds is 4. The first-order valence-electron chi connectivity index (χ1n) is 9.67. The minimum absolute atomic E-state index is 0.437. The molecule has 0 saturated heterocycles. The molecule has 0 bridgehead atoms. The predicted octanol–water partition coefficient (Wildman–Crippen LogP) is 5.55. The smallest absolute Gasteiger partial charge is 0.344 e. The minimum Gasteiger partial charge on any atom is -0.497 e. The number of esters is 1. The number of hydrogen-bond donors (Lipinski definition) is 0. The maximum atomic E-state index is 13.5. The van der Waals surface area contributed by atoms with Gasteiger partial charge in [-0.3, -0.25) is 0 Å². The van der Waals surface area contributed by atoms with Gasteiger partial charge in [0.2, 0.25) is 0 Å². The van der Waals surface area contributed by atoms with Gasteiger partial charge in [0.25, 0.3) is 0 Å². The van der Waals surface area contributed by atoms with Crippen molar-refractivity contribution in [2.24, 2.45) is 0 Å². The second-order valence-electron chi connectivity index (χ2n) is 7.37. The zero-order chi connectivity index (χ0) is 21.4. The van der Waals surface area contributed by atoms with Crippen molar-refractivity contribution in [3.05, 3.63) is 70.8 Å². The van der Waals surface area contributed by atoms with Crippen LogP contribution in [0.15, 0.2) is 48.5 Å². The van der Waals surface area contributed by atoms with Crippen LogP contribution in [0.4, 0.5) is 0 Å². The number of hydrogen-bond acceptors (Lipinski definition) is 5. The molecule has 0 spiro atoms. The molecule has 3 aromatic carbocycles. The third kappa shape index (κ3) is 3.43. The Morgan fingerprint density at radius 3 is 1.73 bits per heavy atom. The Bertz CT molecular complexity index is 1210. The number of fused-ring (bicyclic) bond motifs is 2. The number of aryl methyl sites for hydroxylation is 3. The number of nitrogens with zero attached hydrogens (tertiary/aromatic N) is 1. The van der Waals surface area contributed by atoms with Gasteiger partial charge in [0.15, 0.2) is 0 Å². The lowest BCUT2D eigenvalue weighted by molar-refractivity contribution is 0.0736. The molecule has 0 amide bonds. The summed E-state index contributed by atoms with van der Waals surface area (Å²) in [5.74, 6) is 1.42. The summed E-state index contributed by atoms with van der Waals surface area (Å²) >= 11 is 0. The van der Waals surface area contributed by atoms with E-state index in [-0.39, 0.29) is 0 Å². The largest absolute Gasteiger partial charge is 0.497 e. The van der Waals surface area contributed by atoms with Gasteiger partial charge in [-0.15, -0.1) is 0 Å². The van der Waals surface area contributed by atoms with E-state index in [1.54, 1.807) is 14.2 Å². The molecule has 0 saturated carbocycles. The van der Waals surface area contributed by atoms with Crippen LogP contribution in [0.5, 0.6) is 17.2 Å². The lowest BCUT2D eigenvalue weighted by Gasteiger charge is -2.15. The summed E-state index contributed by atoms with van der Waals surface area (Å²) in [7, 11) is 3.19. The van der Waals surface area contributed by atoms with Crippen LogP contribution >= 0.6 is 0 Å². The van der Waals surface area contributed by atoms with Crippen molar-refractivity contribution in [3.63, 3.8) is 0 Å². The fourth-order valence-corrected chi connectivity index (χ4v) is 3.85. The third-order valence-corrected chi connectivity index (χ3v) is 5.19. The highest BCUT2D eigenvalue weighted by molar-refractivity contribution is 6.15. The second kappa shape index (κ2) is 7.67. The highest BCUT2D eigenvalue weighted by Crippen LogP contribution is 2.33. The third-order valence-electron chi connectivity index (χ3n) is 5.19. The van der Waals surface area contributed by atoms with Gasteiger partial charge in [0.1, 0.15) is 17.2 Å². The van der Waals surface area contributed by atoms with Crippen molar-refractivity contribution in [1.29, 1.82) is 0 Å². The van der Waals surface area contributed by atoms with Gasteiger partial charge in [-0.25, -0.2) is 9.78 Å². The number of aromatic nitrogens is 1. The molecule has 4 rings (SSSR count). The monoisotopic (exact) mass is 401 g/mol. The molecule has 0 unspecified atom stereocenters. The standard InChI is InChI=1S/C25H23NO4/c1-14-10-15(2)24(16(3)11-14)30-25(27)23-19-12-17(28-4)6-8-21(19)26-22-9-7-18(29-5)13-20(22)23/h6-13H,1-5H3. The maximum absolute atomic E-state index is 13.5. The van der Waals surface area contributed by atoms with E-state index < -0.39 is 5.97 Å². The van der Waals surface area contributed by atoms with E-state index in [0.29, 0.717) is 44.6 Å². The van der Waals surface area contributed by atoms with Crippen LogP contribution in [-0.2, 0) is 0 Å². The van der Waals surface area contributed by atoms with Crippen LogP contribution < -0.4 is 14.2 Å². The Kier molecular flexibility index (Phi) is 5.04. The molecular formula is C25H23NO4. The topological polar surface area (TPSA) is 57.7 Å². The fraction of sp³-hybridized carbons (Fsp3) is 0.200. The van der Waals surface area contributed by atoms with Gasteiger partial charge in [0.05, 0.1) is 30.8 Å². The maximum Gasteiger partial charge on any atom is 0.344 e. The summed E-state index contributed by atoms with van der Waals surface area (Å²) in [6.07, 6.45) is 0. The Hall–Kier alpha value is -3.60. The first-order valence-corrected chi connectivity index (χ1v) is 9.67. The highest BCUT2D eigenvalue weighted by atomic mass is 16.5. The SMILES string of the molecule is COc1ccc2nc3ccc(OC)cc3c(C(=O)Oc3c(C)cc(C)cc3C)c2c1. The number of carbonyl (C=O) groups is 1. The lowest BCUT2D eigenvalue weighted by atomic mass is 10.0. The van der Waals surface area contributed by atoms with E-state index in [1.165, 1.54) is 0 Å². The average Bonchev–Trinajstić information content (AvgIpc) is 2.73. The van der Waals surface area contributed by atoms with E-state index in [2.05, 4.69) is 0 Å². The van der Waals surface area contributed by atoms with Crippen molar-refractivity contribution < 1.29 is 19.0 Å². The van der Waals surface area contributed by atoms with Crippen LogP contribution in [0.2, 0.25) is 0 Å². The van der Waals surface area contributed by atoms with Crippen LogP contribution in [0.1, 0.15) is 27.0 Å². The van der Waals surface area contributed by atoms with E-state index >= 15 is 0 Å². The van der Waals surface area contributed by atoms with E-state index in [9.17, 15) is 4.79 Å². The van der Waals surface area contributed by atoms with Gasteiger partial charge in [-0.1, -0.05) is 17.7 Å². The number of pyridine rings is 1. The van der Waals surface area contributed by atoms with Gasteiger partial charge >= 0.3 is 5.97 Å². The van der Waals surface area contributed by atoms with E-state index in [0.717, 1.165) is 16.7 Å². The van der Waals surface area contributed by atoms with Gasteiger partial charge in [-0.2, -0.15) is 0 Å². The number of ether oxygens (including phenoxy) is 3. The normalized spacial score (nSPS) is 11.0. The van der Waals surface area contributed by atoms with E-state index in [4.69, 9.17) is 19.2 Å². The molecule has 0 aliphatic heterocycles. The molecule has 0 N–H and O–H groups in total. The summed E-state index contributed by atoms with van der Waals surface area (Å²) in [6.45, 7) is 5.91. The van der Waals surface area contributed by atoms with Crippen molar-refractivity contribution in [1.82, 2.24) is 4.98 Å². The van der Waals surface area contributed by atoms with E-state index in [1.807, 2.05) is 69.3 Å². The van der Waals surface area contributed by atoms with Crippen LogP contribution in [0, 0.1) is 20.8 Å². The van der Waals surface area contributed by atoms with Crippen LogP contribution in [0.25, 0.3) is 21.8 Å². The second-order valence-corrected chi connectivity index (χ2v) is 7.37. The summed E-state index contributed by atoms with van der Waals surface area (Å²) < 4.78 is 16.7. The highest BCUT2D eigenvalue weighted by Gasteiger charge is 2.21. The average molecular weight is 401 g/mol. The van der Waals surface area contributed by atoms with Gasteiger partial charge < -0.3 is 14.2 Å². The number of benzene rings is 3. The summed E-state index contributed by atoms with van der Waals surface area (Å²) in [4.78, 5) is 18.2. The Balaban J connectivity index is 1.97. The molecule has 30 heavy (non-hydrogen) atoms. The molecular weight excluding hydrogens is 378 g/mol. The Morgan fingerprint density at radius 2 is 1.27 bits per heavy atom. The lowest BCUT2D eigenvalue weighted by Crippen LogP contribution is -2.12. The van der Waals surface area contributed by atoms with Crippen molar-refractivity contribution in [2.75, 3.05) is 14.2 Å². The number of methoxy groups -OCH3 is 2. The first-order chi connectivity index (χ1) is 14.4. The number of carbonyl (C=O) groups excluding carboxylic acids is 1. The van der Waals surface area contributed by atoms with Crippen molar-refractivity contribution in [3.8, 4) is 17.2 Å². The summed E-state index contributed by atoms with van der Waals surface area (Å²) in [5.41, 5.74) is 4.78.